The fourth-order valence-electron chi connectivity index (χ4n) is 5.02. The third-order valence-corrected chi connectivity index (χ3v) is 7.74. The van der Waals surface area contributed by atoms with Crippen LogP contribution in [0.4, 0.5) is 4.79 Å². The van der Waals surface area contributed by atoms with Crippen LogP contribution < -0.4 is 9.30 Å². The summed E-state index contributed by atoms with van der Waals surface area (Å²) in [5.74, 6) is 0.545. The quantitative estimate of drug-likeness (QED) is 0.123. The summed E-state index contributed by atoms with van der Waals surface area (Å²) >= 11 is 0. The van der Waals surface area contributed by atoms with Crippen molar-refractivity contribution in [3.63, 3.8) is 0 Å². The van der Waals surface area contributed by atoms with E-state index in [1.165, 1.54) is 77.6 Å². The van der Waals surface area contributed by atoms with Crippen LogP contribution >= 0.6 is 0 Å². The van der Waals surface area contributed by atoms with Gasteiger partial charge in [0.05, 0.1) is 13.2 Å². The first-order valence-electron chi connectivity index (χ1n) is 16.3. The molecule has 0 atom stereocenters. The van der Waals surface area contributed by atoms with Gasteiger partial charge in [0.2, 0.25) is 5.91 Å². The number of imide groups is 1. The second kappa shape index (κ2) is 19.3. The molecule has 1 aromatic carbocycles. The third kappa shape index (κ3) is 13.4. The number of carbonyl (C=O) groups is 2. The summed E-state index contributed by atoms with van der Waals surface area (Å²) < 4.78 is 13.8. The van der Waals surface area contributed by atoms with Crippen molar-refractivity contribution in [3.8, 4) is 5.75 Å². The lowest BCUT2D eigenvalue weighted by molar-refractivity contribution is -0.693. The number of carbonyl (C=O) groups excluding carboxylic acids is 2. The number of unbranched alkanes of at least 4 members (excludes halogenated alkanes) is 11. The molecular formula is C36H57N2O4+. The monoisotopic (exact) mass is 581 g/mol. The Hall–Kier alpha value is -2.89. The number of benzene rings is 1. The molecule has 6 nitrogen and oxygen atoms in total. The summed E-state index contributed by atoms with van der Waals surface area (Å²) in [5, 5.41) is 0. The first kappa shape index (κ1) is 35.3. The number of pyridine rings is 1. The SMILES string of the molecule is CCCCCCCCCCCCCCOc1ccc(COC(=O)N(Cc2cc[n+](CC)cc2)C(C)=O)cc1C(C)(C)C. The van der Waals surface area contributed by atoms with Gasteiger partial charge in [-0.1, -0.05) is 104 Å². The predicted molar refractivity (Wildman–Crippen MR) is 170 cm³/mol. The van der Waals surface area contributed by atoms with Gasteiger partial charge in [0.1, 0.15) is 18.9 Å². The molecule has 0 aliphatic heterocycles. The van der Waals surface area contributed by atoms with Gasteiger partial charge in [-0.15, -0.1) is 0 Å². The van der Waals surface area contributed by atoms with E-state index >= 15 is 0 Å². The van der Waals surface area contributed by atoms with Crippen LogP contribution in [0.1, 0.15) is 135 Å². The zero-order chi connectivity index (χ0) is 30.8. The second-order valence-corrected chi connectivity index (χ2v) is 12.5. The van der Waals surface area contributed by atoms with Crippen LogP contribution in [0.2, 0.25) is 0 Å². The summed E-state index contributed by atoms with van der Waals surface area (Å²) in [6.07, 6.45) is 19.1. The number of rotatable bonds is 19. The number of hydrogen-bond acceptors (Lipinski definition) is 4. The van der Waals surface area contributed by atoms with Crippen LogP contribution in [-0.4, -0.2) is 23.5 Å². The molecule has 0 bridgehead atoms. The smallest absolute Gasteiger partial charge is 0.417 e. The minimum Gasteiger partial charge on any atom is -0.493 e. The maximum Gasteiger partial charge on any atom is 0.417 e. The van der Waals surface area contributed by atoms with Crippen LogP contribution in [-0.2, 0) is 34.6 Å². The Bertz CT molecular complexity index is 1060. The number of aryl methyl sites for hydroxylation is 1. The molecule has 0 radical (unpaired) electrons. The maximum absolute atomic E-state index is 12.8. The molecule has 0 spiro atoms. The molecule has 2 rings (SSSR count). The zero-order valence-corrected chi connectivity index (χ0v) is 27.4. The number of aromatic nitrogens is 1. The fourth-order valence-corrected chi connectivity index (χ4v) is 5.02. The van der Waals surface area contributed by atoms with Gasteiger partial charge >= 0.3 is 6.09 Å². The molecule has 1 heterocycles. The lowest BCUT2D eigenvalue weighted by atomic mass is 9.85. The van der Waals surface area contributed by atoms with Gasteiger partial charge in [-0.05, 0) is 47.6 Å². The highest BCUT2D eigenvalue weighted by atomic mass is 16.6. The summed E-state index contributed by atoms with van der Waals surface area (Å²) in [6, 6.07) is 9.82. The molecule has 0 aliphatic carbocycles. The Morgan fingerprint density at radius 3 is 1.88 bits per heavy atom. The van der Waals surface area contributed by atoms with E-state index in [-0.39, 0.29) is 24.5 Å². The Kier molecular flexibility index (Phi) is 16.2. The predicted octanol–water partition coefficient (Wildman–Crippen LogP) is 9.06. The minimum atomic E-state index is -0.640. The first-order chi connectivity index (χ1) is 20.2. The van der Waals surface area contributed by atoms with Gasteiger partial charge in [0, 0.05) is 19.1 Å². The summed E-state index contributed by atoms with van der Waals surface area (Å²) in [4.78, 5) is 26.2. The highest BCUT2D eigenvalue weighted by molar-refractivity contribution is 5.90. The normalized spacial score (nSPS) is 11.4. The van der Waals surface area contributed by atoms with Gasteiger partial charge in [0.15, 0.2) is 12.4 Å². The van der Waals surface area contributed by atoms with E-state index in [0.29, 0.717) is 6.61 Å². The molecule has 0 fully saturated rings. The molecule has 2 aromatic rings. The Morgan fingerprint density at radius 1 is 0.786 bits per heavy atom. The molecule has 6 heteroatoms. The molecule has 0 saturated carbocycles. The van der Waals surface area contributed by atoms with Crippen molar-refractivity contribution < 1.29 is 23.6 Å². The molecule has 0 aliphatic rings. The van der Waals surface area contributed by atoms with Gasteiger partial charge in [-0.3, -0.25) is 4.79 Å². The van der Waals surface area contributed by atoms with E-state index in [1.54, 1.807) is 0 Å². The number of hydrogen-bond donors (Lipinski definition) is 0. The van der Waals surface area contributed by atoms with Crippen molar-refractivity contribution in [3.05, 3.63) is 59.4 Å². The van der Waals surface area contributed by atoms with Gasteiger partial charge < -0.3 is 9.47 Å². The maximum atomic E-state index is 12.8. The highest BCUT2D eigenvalue weighted by Gasteiger charge is 2.23. The molecule has 234 valence electrons. The second-order valence-electron chi connectivity index (χ2n) is 12.5. The van der Waals surface area contributed by atoms with Crippen LogP contribution in [0, 0.1) is 0 Å². The van der Waals surface area contributed by atoms with Crippen LogP contribution in [0.15, 0.2) is 42.7 Å². The number of ether oxygens (including phenoxy) is 2. The average Bonchev–Trinajstić information content (AvgIpc) is 2.97. The van der Waals surface area contributed by atoms with Gasteiger partial charge in [0.25, 0.3) is 0 Å². The molecule has 0 saturated heterocycles. The van der Waals surface area contributed by atoms with E-state index in [0.717, 1.165) is 40.3 Å². The van der Waals surface area contributed by atoms with Crippen molar-refractivity contribution in [2.45, 2.75) is 144 Å². The van der Waals surface area contributed by atoms with Crippen LogP contribution in [0.3, 0.4) is 0 Å². The van der Waals surface area contributed by atoms with E-state index in [1.807, 2.05) is 41.2 Å². The van der Waals surface area contributed by atoms with Gasteiger partial charge in [-0.2, -0.15) is 0 Å². The summed E-state index contributed by atoms with van der Waals surface area (Å²) in [7, 11) is 0. The average molecular weight is 582 g/mol. The summed E-state index contributed by atoms with van der Waals surface area (Å²) in [6.45, 7) is 14.0. The molecule has 42 heavy (non-hydrogen) atoms. The van der Waals surface area contributed by atoms with E-state index in [4.69, 9.17) is 9.47 Å². The zero-order valence-electron chi connectivity index (χ0n) is 27.4. The molecule has 0 unspecified atom stereocenters. The largest absolute Gasteiger partial charge is 0.493 e. The van der Waals surface area contributed by atoms with Crippen LogP contribution in [0.25, 0.3) is 0 Å². The fraction of sp³-hybridized carbons (Fsp3) is 0.639. The third-order valence-electron chi connectivity index (χ3n) is 7.74. The molecular weight excluding hydrogens is 524 g/mol. The highest BCUT2D eigenvalue weighted by Crippen LogP contribution is 2.32. The van der Waals surface area contributed by atoms with Crippen molar-refractivity contribution in [2.75, 3.05) is 6.61 Å². The van der Waals surface area contributed by atoms with E-state index in [9.17, 15) is 9.59 Å². The first-order valence-corrected chi connectivity index (χ1v) is 16.3. The topological polar surface area (TPSA) is 59.7 Å². The van der Waals surface area contributed by atoms with E-state index < -0.39 is 6.09 Å². The van der Waals surface area contributed by atoms with Crippen molar-refractivity contribution in [1.82, 2.24) is 4.90 Å². The molecule has 2 amide bonds. The Balaban J connectivity index is 1.80. The van der Waals surface area contributed by atoms with Gasteiger partial charge in [-0.25, -0.2) is 14.3 Å². The van der Waals surface area contributed by atoms with E-state index in [2.05, 4.69) is 40.7 Å². The van der Waals surface area contributed by atoms with Crippen molar-refractivity contribution in [1.29, 1.82) is 0 Å². The van der Waals surface area contributed by atoms with Crippen LogP contribution in [0.5, 0.6) is 5.75 Å². The minimum absolute atomic E-state index is 0.0926. The van der Waals surface area contributed by atoms with Crippen molar-refractivity contribution in [2.24, 2.45) is 0 Å². The lowest BCUT2D eigenvalue weighted by Crippen LogP contribution is -2.36. The van der Waals surface area contributed by atoms with Crippen molar-refractivity contribution >= 4 is 12.0 Å². The molecule has 1 aromatic heterocycles. The lowest BCUT2D eigenvalue weighted by Gasteiger charge is -2.24. The Labute approximate surface area is 255 Å². The number of amides is 2. The number of nitrogens with zero attached hydrogens (tertiary/aromatic N) is 2. The Morgan fingerprint density at radius 2 is 1.36 bits per heavy atom. The standard InChI is InChI=1S/C36H57N2O4/c1-7-9-10-11-12-13-14-15-16-17-18-19-26-41-34-21-20-32(27-33(34)36(4,5)6)29-42-35(40)38(30(3)39)28-31-22-24-37(8-2)25-23-31/h20-25,27H,7-19,26,28-29H2,1-6H3/q+1. The summed E-state index contributed by atoms with van der Waals surface area (Å²) in [5.41, 5.74) is 2.71. The molecule has 0 N–H and O–H groups in total.